The van der Waals surface area contributed by atoms with Crippen LogP contribution in [0.5, 0.6) is 0 Å². The van der Waals surface area contributed by atoms with E-state index in [1.807, 2.05) is 6.07 Å². The molecular formula is C22H28N2O2S. The molecule has 0 aliphatic rings. The number of hydrogen-bond acceptors (Lipinski definition) is 3. The minimum absolute atomic E-state index is 0.0961. The van der Waals surface area contributed by atoms with Gasteiger partial charge in [-0.25, -0.2) is 4.79 Å². The Balaban J connectivity index is 2.13. The van der Waals surface area contributed by atoms with Crippen LogP contribution >= 0.6 is 12.2 Å². The van der Waals surface area contributed by atoms with E-state index in [0.717, 1.165) is 5.69 Å². The molecule has 0 spiro atoms. The molecule has 2 aromatic rings. The van der Waals surface area contributed by atoms with Crippen molar-refractivity contribution in [3.05, 3.63) is 64.7 Å². The van der Waals surface area contributed by atoms with Gasteiger partial charge in [-0.1, -0.05) is 43.7 Å². The first-order valence-corrected chi connectivity index (χ1v) is 9.64. The monoisotopic (exact) mass is 384 g/mol. The lowest BCUT2D eigenvalue weighted by Gasteiger charge is -2.26. The molecule has 144 valence electrons. The summed E-state index contributed by atoms with van der Waals surface area (Å²) in [5, 5.41) is 7.12. The van der Waals surface area contributed by atoms with Crippen molar-refractivity contribution >= 4 is 29.0 Å². The molecular weight excluding hydrogens is 356 g/mol. The number of aryl methyl sites for hydroxylation is 2. The molecule has 2 N–H and O–H groups in total. The number of carbonyl (C=O) groups excluding carboxylic acids is 1. The third-order valence-corrected chi connectivity index (χ3v) is 4.57. The molecule has 4 nitrogen and oxygen atoms in total. The highest BCUT2D eigenvalue weighted by atomic mass is 32.1. The predicted octanol–water partition coefficient (Wildman–Crippen LogP) is 5.16. The van der Waals surface area contributed by atoms with Crippen LogP contribution in [-0.4, -0.2) is 17.7 Å². The maximum absolute atomic E-state index is 11.9. The van der Waals surface area contributed by atoms with E-state index in [1.54, 1.807) is 25.1 Å². The zero-order valence-electron chi connectivity index (χ0n) is 16.6. The van der Waals surface area contributed by atoms with Crippen LogP contribution in [0.4, 0.5) is 5.69 Å². The number of ether oxygens (including phenoxy) is 1. The number of carbonyl (C=O) groups is 1. The molecule has 0 unspecified atom stereocenters. The van der Waals surface area contributed by atoms with Crippen molar-refractivity contribution in [3.63, 3.8) is 0 Å². The van der Waals surface area contributed by atoms with Gasteiger partial charge in [0.1, 0.15) is 0 Å². The first-order valence-electron chi connectivity index (χ1n) is 9.23. The Morgan fingerprint density at radius 3 is 2.52 bits per heavy atom. The van der Waals surface area contributed by atoms with E-state index in [2.05, 4.69) is 56.5 Å². The van der Waals surface area contributed by atoms with E-state index in [1.165, 1.54) is 16.7 Å². The standard InChI is InChI=1S/C22H28N2O2S/c1-6-26-21(25)17-8-7-9-18(13-17)23-22(27)24-20(14(2)3)19-11-10-15(4)12-16(19)5/h7-14,20H,6H2,1-5H3,(H2,23,24,27)/t20-/m1/s1. The zero-order chi connectivity index (χ0) is 20.0. The first kappa shape index (κ1) is 20.9. The first-order chi connectivity index (χ1) is 12.8. The third-order valence-electron chi connectivity index (χ3n) is 4.35. The summed E-state index contributed by atoms with van der Waals surface area (Å²) in [6.07, 6.45) is 0. The van der Waals surface area contributed by atoms with Crippen LogP contribution in [0, 0.1) is 19.8 Å². The van der Waals surface area contributed by atoms with E-state index in [0.29, 0.717) is 23.2 Å². The normalized spacial score (nSPS) is 11.8. The van der Waals surface area contributed by atoms with Gasteiger partial charge >= 0.3 is 5.97 Å². The van der Waals surface area contributed by atoms with Crippen molar-refractivity contribution < 1.29 is 9.53 Å². The predicted molar refractivity (Wildman–Crippen MR) is 115 cm³/mol. The van der Waals surface area contributed by atoms with Crippen molar-refractivity contribution in [3.8, 4) is 0 Å². The molecule has 0 fully saturated rings. The Labute approximate surface area is 167 Å². The summed E-state index contributed by atoms with van der Waals surface area (Å²) in [6, 6.07) is 13.7. The lowest BCUT2D eigenvalue weighted by molar-refractivity contribution is 0.0526. The molecule has 0 aliphatic carbocycles. The molecule has 0 saturated heterocycles. The van der Waals surface area contributed by atoms with Crippen LogP contribution < -0.4 is 10.6 Å². The molecule has 0 amide bonds. The van der Waals surface area contributed by atoms with Gasteiger partial charge in [0, 0.05) is 5.69 Å². The minimum Gasteiger partial charge on any atom is -0.462 e. The molecule has 2 rings (SSSR count). The van der Waals surface area contributed by atoms with Gasteiger partial charge in [-0.15, -0.1) is 0 Å². The summed E-state index contributed by atoms with van der Waals surface area (Å²) in [7, 11) is 0. The van der Waals surface area contributed by atoms with Crippen LogP contribution in [0.3, 0.4) is 0 Å². The molecule has 0 aromatic heterocycles. The summed E-state index contributed by atoms with van der Waals surface area (Å²) >= 11 is 5.52. The van der Waals surface area contributed by atoms with Crippen LogP contribution in [0.2, 0.25) is 0 Å². The Morgan fingerprint density at radius 2 is 1.89 bits per heavy atom. The number of hydrogen-bond donors (Lipinski definition) is 2. The van der Waals surface area contributed by atoms with Gasteiger partial charge in [-0.2, -0.15) is 0 Å². The topological polar surface area (TPSA) is 50.4 Å². The largest absolute Gasteiger partial charge is 0.462 e. The number of esters is 1. The van der Waals surface area contributed by atoms with Crippen molar-refractivity contribution in [2.45, 2.75) is 40.7 Å². The quantitative estimate of drug-likeness (QED) is 0.532. The van der Waals surface area contributed by atoms with Gasteiger partial charge in [0.25, 0.3) is 0 Å². The van der Waals surface area contributed by atoms with Crippen LogP contribution in [0.1, 0.15) is 53.9 Å². The highest BCUT2D eigenvalue weighted by Crippen LogP contribution is 2.25. The second-order valence-corrected chi connectivity index (χ2v) is 7.39. The van der Waals surface area contributed by atoms with Crippen LogP contribution in [0.25, 0.3) is 0 Å². The molecule has 0 radical (unpaired) electrons. The Morgan fingerprint density at radius 1 is 1.15 bits per heavy atom. The fourth-order valence-electron chi connectivity index (χ4n) is 3.02. The summed E-state index contributed by atoms with van der Waals surface area (Å²) in [5.74, 6) is 0.0207. The minimum atomic E-state index is -0.338. The molecule has 0 saturated carbocycles. The second-order valence-electron chi connectivity index (χ2n) is 6.98. The van der Waals surface area contributed by atoms with Gasteiger partial charge < -0.3 is 15.4 Å². The van der Waals surface area contributed by atoms with E-state index in [9.17, 15) is 4.79 Å². The van der Waals surface area contributed by atoms with E-state index in [-0.39, 0.29) is 12.0 Å². The fourth-order valence-corrected chi connectivity index (χ4v) is 3.27. The van der Waals surface area contributed by atoms with Gasteiger partial charge in [0.2, 0.25) is 0 Å². The molecule has 0 heterocycles. The smallest absolute Gasteiger partial charge is 0.338 e. The Kier molecular flexibility index (Phi) is 7.36. The SMILES string of the molecule is CCOC(=O)c1cccc(NC(=S)N[C@@H](c2ccc(C)cc2C)C(C)C)c1. The van der Waals surface area contributed by atoms with Crippen molar-refractivity contribution in [2.75, 3.05) is 11.9 Å². The lowest BCUT2D eigenvalue weighted by atomic mass is 9.92. The zero-order valence-corrected chi connectivity index (χ0v) is 17.4. The average molecular weight is 385 g/mol. The van der Waals surface area contributed by atoms with E-state index < -0.39 is 0 Å². The number of rotatable bonds is 6. The maximum Gasteiger partial charge on any atom is 0.338 e. The number of thiocarbonyl (C=S) groups is 1. The molecule has 1 atom stereocenters. The molecule has 2 aromatic carbocycles. The van der Waals surface area contributed by atoms with Crippen LogP contribution in [-0.2, 0) is 4.74 Å². The number of benzene rings is 2. The molecule has 27 heavy (non-hydrogen) atoms. The van der Waals surface area contributed by atoms with Crippen molar-refractivity contribution in [1.29, 1.82) is 0 Å². The van der Waals surface area contributed by atoms with E-state index >= 15 is 0 Å². The summed E-state index contributed by atoms with van der Waals surface area (Å²) in [4.78, 5) is 11.9. The summed E-state index contributed by atoms with van der Waals surface area (Å²) < 4.78 is 5.05. The maximum atomic E-state index is 11.9. The Hall–Kier alpha value is -2.40. The van der Waals surface area contributed by atoms with Crippen LogP contribution in [0.15, 0.2) is 42.5 Å². The summed E-state index contributed by atoms with van der Waals surface area (Å²) in [6.45, 7) is 10.7. The average Bonchev–Trinajstić information content (AvgIpc) is 2.60. The summed E-state index contributed by atoms with van der Waals surface area (Å²) in [5.41, 5.74) is 4.98. The second kappa shape index (κ2) is 9.51. The fraction of sp³-hybridized carbons (Fsp3) is 0.364. The molecule has 0 bridgehead atoms. The lowest BCUT2D eigenvalue weighted by Crippen LogP contribution is -2.35. The Bertz CT molecular complexity index is 818. The highest BCUT2D eigenvalue weighted by molar-refractivity contribution is 7.80. The molecule has 5 heteroatoms. The van der Waals surface area contributed by atoms with Gasteiger partial charge in [-0.3, -0.25) is 0 Å². The van der Waals surface area contributed by atoms with Crippen molar-refractivity contribution in [1.82, 2.24) is 5.32 Å². The van der Waals surface area contributed by atoms with Crippen molar-refractivity contribution in [2.24, 2.45) is 5.92 Å². The third kappa shape index (κ3) is 5.79. The number of anilines is 1. The van der Waals surface area contributed by atoms with Gasteiger partial charge in [-0.05, 0) is 68.2 Å². The molecule has 0 aliphatic heterocycles. The number of nitrogens with one attached hydrogen (secondary N) is 2. The van der Waals surface area contributed by atoms with E-state index in [4.69, 9.17) is 17.0 Å². The van der Waals surface area contributed by atoms with Gasteiger partial charge in [0.05, 0.1) is 18.2 Å². The highest BCUT2D eigenvalue weighted by Gasteiger charge is 2.19. The van der Waals surface area contributed by atoms with Gasteiger partial charge in [0.15, 0.2) is 5.11 Å².